The Labute approximate surface area is 108 Å². The molecule has 17 heavy (non-hydrogen) atoms. The van der Waals surface area contributed by atoms with E-state index in [0.29, 0.717) is 21.6 Å². The molecule has 0 saturated heterocycles. The van der Waals surface area contributed by atoms with Gasteiger partial charge in [-0.3, -0.25) is 4.79 Å². The number of nitrogens with one attached hydrogen (secondary N) is 2. The monoisotopic (exact) mass is 269 g/mol. The molecule has 2 aromatic rings. The molecule has 0 spiro atoms. The predicted molar refractivity (Wildman–Crippen MR) is 67.7 cm³/mol. The van der Waals surface area contributed by atoms with E-state index in [1.807, 2.05) is 6.92 Å². The highest BCUT2D eigenvalue weighted by Crippen LogP contribution is 2.17. The Bertz CT molecular complexity index is 566. The summed E-state index contributed by atoms with van der Waals surface area (Å²) in [6, 6.07) is 3.30. The van der Waals surface area contributed by atoms with Gasteiger partial charge in [-0.25, -0.2) is 4.98 Å². The van der Waals surface area contributed by atoms with Gasteiger partial charge in [0.25, 0.3) is 5.91 Å². The molecule has 0 aliphatic carbocycles. The van der Waals surface area contributed by atoms with Gasteiger partial charge in [0.05, 0.1) is 16.9 Å². The lowest BCUT2D eigenvalue weighted by Crippen LogP contribution is -2.12. The summed E-state index contributed by atoms with van der Waals surface area (Å²) < 4.78 is 0. The molecule has 1 amide bonds. The number of halogens is 2. The minimum absolute atomic E-state index is 0.277. The number of hydrogen-bond acceptors (Lipinski definition) is 2. The van der Waals surface area contributed by atoms with Gasteiger partial charge in [0.1, 0.15) is 10.8 Å². The number of amides is 1. The van der Waals surface area contributed by atoms with Gasteiger partial charge in [-0.15, -0.1) is 0 Å². The molecule has 0 radical (unpaired) electrons. The molecule has 0 aromatic carbocycles. The van der Waals surface area contributed by atoms with Crippen molar-refractivity contribution in [3.63, 3.8) is 0 Å². The van der Waals surface area contributed by atoms with Crippen molar-refractivity contribution in [2.45, 2.75) is 6.92 Å². The third-order valence-electron chi connectivity index (χ3n) is 2.16. The second kappa shape index (κ2) is 4.77. The zero-order valence-electron chi connectivity index (χ0n) is 8.92. The first-order valence-electron chi connectivity index (χ1n) is 4.83. The molecule has 0 aliphatic heterocycles. The van der Waals surface area contributed by atoms with Crippen LogP contribution in [0.1, 0.15) is 16.1 Å². The molecule has 0 aliphatic rings. The fourth-order valence-corrected chi connectivity index (χ4v) is 1.59. The van der Waals surface area contributed by atoms with Crippen LogP contribution < -0.4 is 5.32 Å². The molecule has 2 rings (SSSR count). The van der Waals surface area contributed by atoms with E-state index in [4.69, 9.17) is 23.2 Å². The molecule has 2 aromatic heterocycles. The van der Waals surface area contributed by atoms with E-state index < -0.39 is 0 Å². The fraction of sp³-hybridized carbons (Fsp3) is 0.0909. The molecular formula is C11H9Cl2N3O. The summed E-state index contributed by atoms with van der Waals surface area (Å²) in [7, 11) is 0. The van der Waals surface area contributed by atoms with Crippen molar-refractivity contribution in [2.75, 3.05) is 5.32 Å². The number of pyridine rings is 1. The summed E-state index contributed by atoms with van der Waals surface area (Å²) in [6.07, 6.45) is 3.04. The van der Waals surface area contributed by atoms with Gasteiger partial charge >= 0.3 is 0 Å². The first kappa shape index (κ1) is 12.0. The van der Waals surface area contributed by atoms with E-state index in [0.717, 1.165) is 5.56 Å². The number of carbonyl (C=O) groups is 1. The van der Waals surface area contributed by atoms with Crippen LogP contribution in [0, 0.1) is 6.92 Å². The van der Waals surface area contributed by atoms with E-state index in [2.05, 4.69) is 15.3 Å². The van der Waals surface area contributed by atoms with E-state index >= 15 is 0 Å². The van der Waals surface area contributed by atoms with Crippen LogP contribution in [0.2, 0.25) is 10.2 Å². The molecule has 4 nitrogen and oxygen atoms in total. The topological polar surface area (TPSA) is 57.8 Å². The van der Waals surface area contributed by atoms with E-state index in [9.17, 15) is 4.79 Å². The zero-order chi connectivity index (χ0) is 12.4. The van der Waals surface area contributed by atoms with Gasteiger partial charge in [0.2, 0.25) is 0 Å². The molecule has 0 atom stereocenters. The van der Waals surface area contributed by atoms with Gasteiger partial charge in [0.15, 0.2) is 0 Å². The third-order valence-corrected chi connectivity index (χ3v) is 2.78. The van der Waals surface area contributed by atoms with Crippen LogP contribution in [-0.4, -0.2) is 15.9 Å². The van der Waals surface area contributed by atoms with E-state index in [-0.39, 0.29) is 5.91 Å². The highest BCUT2D eigenvalue weighted by molar-refractivity contribution is 6.31. The molecule has 0 unspecified atom stereocenters. The van der Waals surface area contributed by atoms with Gasteiger partial charge in [-0.1, -0.05) is 23.2 Å². The summed E-state index contributed by atoms with van der Waals surface area (Å²) in [6.45, 7) is 1.82. The van der Waals surface area contributed by atoms with Crippen molar-refractivity contribution in [3.05, 3.63) is 46.0 Å². The molecule has 6 heteroatoms. The van der Waals surface area contributed by atoms with Crippen molar-refractivity contribution < 1.29 is 4.79 Å². The van der Waals surface area contributed by atoms with E-state index in [1.54, 1.807) is 18.3 Å². The van der Waals surface area contributed by atoms with Crippen LogP contribution in [0.5, 0.6) is 0 Å². The van der Waals surface area contributed by atoms with Crippen LogP contribution in [0.3, 0.4) is 0 Å². The Hall–Kier alpha value is -1.52. The Morgan fingerprint density at radius 1 is 1.41 bits per heavy atom. The minimum atomic E-state index is -0.277. The molecule has 88 valence electrons. The van der Waals surface area contributed by atoms with Gasteiger partial charge in [0, 0.05) is 6.20 Å². The highest BCUT2D eigenvalue weighted by Gasteiger charge is 2.09. The van der Waals surface area contributed by atoms with Gasteiger partial charge in [-0.05, 0) is 24.6 Å². The quantitative estimate of drug-likeness (QED) is 0.823. The van der Waals surface area contributed by atoms with Crippen LogP contribution in [0.4, 0.5) is 5.69 Å². The normalized spacial score (nSPS) is 10.3. The second-order valence-electron chi connectivity index (χ2n) is 3.52. The number of aromatic nitrogens is 2. The molecule has 0 fully saturated rings. The Kier molecular flexibility index (Phi) is 3.36. The van der Waals surface area contributed by atoms with Gasteiger partial charge in [-0.2, -0.15) is 0 Å². The molecule has 0 bridgehead atoms. The maximum absolute atomic E-state index is 11.8. The maximum atomic E-state index is 11.8. The number of H-pyrrole nitrogens is 1. The minimum Gasteiger partial charge on any atom is -0.356 e. The molecule has 0 saturated carbocycles. The summed E-state index contributed by atoms with van der Waals surface area (Å²) >= 11 is 11.5. The van der Waals surface area contributed by atoms with E-state index in [1.165, 1.54) is 6.20 Å². The first-order chi connectivity index (χ1) is 8.06. The SMILES string of the molecule is Cc1cc(NC(=O)c2cc(Cl)c[nH]2)cnc1Cl. The lowest BCUT2D eigenvalue weighted by atomic mass is 10.3. The molecule has 2 N–H and O–H groups in total. The Balaban J connectivity index is 2.15. The van der Waals surface area contributed by atoms with Crippen molar-refractivity contribution in [3.8, 4) is 0 Å². The largest absolute Gasteiger partial charge is 0.356 e. The highest BCUT2D eigenvalue weighted by atomic mass is 35.5. The summed E-state index contributed by atoms with van der Waals surface area (Å²) in [5.74, 6) is -0.277. The Morgan fingerprint density at radius 3 is 2.76 bits per heavy atom. The number of hydrogen-bond donors (Lipinski definition) is 2. The number of rotatable bonds is 2. The number of anilines is 1. The maximum Gasteiger partial charge on any atom is 0.272 e. The third kappa shape index (κ3) is 2.78. The smallest absolute Gasteiger partial charge is 0.272 e. The Morgan fingerprint density at radius 2 is 2.18 bits per heavy atom. The standard InChI is InChI=1S/C11H9Cl2N3O/c1-6-2-8(5-15-10(6)13)16-11(17)9-3-7(12)4-14-9/h2-5,14H,1H3,(H,16,17). The first-order valence-corrected chi connectivity index (χ1v) is 5.59. The average Bonchev–Trinajstić information content (AvgIpc) is 2.70. The number of nitrogens with zero attached hydrogens (tertiary/aromatic N) is 1. The van der Waals surface area contributed by atoms with Crippen LogP contribution in [0.25, 0.3) is 0 Å². The fourth-order valence-electron chi connectivity index (χ4n) is 1.32. The lowest BCUT2D eigenvalue weighted by Gasteiger charge is -2.04. The van der Waals surface area contributed by atoms with Crippen LogP contribution in [0.15, 0.2) is 24.5 Å². The zero-order valence-corrected chi connectivity index (χ0v) is 10.4. The van der Waals surface area contributed by atoms with Crippen LogP contribution >= 0.6 is 23.2 Å². The van der Waals surface area contributed by atoms with Crippen molar-refractivity contribution >= 4 is 34.8 Å². The average molecular weight is 270 g/mol. The van der Waals surface area contributed by atoms with Crippen LogP contribution in [-0.2, 0) is 0 Å². The van der Waals surface area contributed by atoms with Crippen molar-refractivity contribution in [1.82, 2.24) is 9.97 Å². The number of aryl methyl sites for hydroxylation is 1. The number of carbonyl (C=O) groups excluding carboxylic acids is 1. The lowest BCUT2D eigenvalue weighted by molar-refractivity contribution is 0.102. The van der Waals surface area contributed by atoms with Gasteiger partial charge < -0.3 is 10.3 Å². The second-order valence-corrected chi connectivity index (χ2v) is 4.31. The molecular weight excluding hydrogens is 261 g/mol. The molecule has 2 heterocycles. The summed E-state index contributed by atoms with van der Waals surface area (Å²) in [5.41, 5.74) is 1.78. The predicted octanol–water partition coefficient (Wildman–Crippen LogP) is 3.28. The van der Waals surface area contributed by atoms with Crippen molar-refractivity contribution in [2.24, 2.45) is 0 Å². The summed E-state index contributed by atoms with van der Waals surface area (Å²) in [5, 5.41) is 3.60. The summed E-state index contributed by atoms with van der Waals surface area (Å²) in [4.78, 5) is 18.5. The number of aromatic amines is 1. The van der Waals surface area contributed by atoms with Crippen molar-refractivity contribution in [1.29, 1.82) is 0 Å².